The average molecular weight is 403 g/mol. The highest BCUT2D eigenvalue weighted by Gasteiger charge is 2.38. The molecule has 20 heavy (non-hydrogen) atoms. The zero-order chi connectivity index (χ0) is 15.1. The topological polar surface area (TPSA) is 12.0 Å². The molecule has 1 fully saturated rings. The van der Waals surface area contributed by atoms with Crippen LogP contribution in [0, 0.1) is 17.8 Å². The molecule has 1 aromatic rings. The predicted octanol–water partition coefficient (Wildman–Crippen LogP) is 6.54. The third-order valence-corrected chi connectivity index (χ3v) is 5.34. The first-order valence-corrected chi connectivity index (χ1v) is 8.89. The summed E-state index contributed by atoms with van der Waals surface area (Å²) in [5, 5.41) is 3.76. The molecule has 1 aliphatic rings. The fraction of sp³-hybridized carbons (Fsp3) is 0.647. The van der Waals surface area contributed by atoms with Crippen molar-refractivity contribution in [2.24, 2.45) is 10.8 Å². The van der Waals surface area contributed by atoms with Crippen molar-refractivity contribution in [1.29, 1.82) is 0 Å². The van der Waals surface area contributed by atoms with E-state index in [0.29, 0.717) is 16.9 Å². The van der Waals surface area contributed by atoms with E-state index >= 15 is 0 Å². The average Bonchev–Trinajstić information content (AvgIpc) is 2.18. The molecule has 1 aromatic carbocycles. The number of halogens is 2. The molecule has 112 valence electrons. The quantitative estimate of drug-likeness (QED) is 0.592. The standard InChI is InChI=1S/C17H25Br2N/c1-11-6-13(18)15(14(19)7-11)20-12-8-16(2,3)10-17(4,5)9-12/h6-7,12,20H,8-10H2,1-5H3. The number of hydrogen-bond donors (Lipinski definition) is 1. The lowest BCUT2D eigenvalue weighted by atomic mass is 9.63. The van der Waals surface area contributed by atoms with E-state index < -0.39 is 0 Å². The van der Waals surface area contributed by atoms with Crippen LogP contribution in [0.1, 0.15) is 52.5 Å². The summed E-state index contributed by atoms with van der Waals surface area (Å²) in [6.45, 7) is 11.7. The molecule has 2 rings (SSSR count). The van der Waals surface area contributed by atoms with Crippen molar-refractivity contribution in [3.8, 4) is 0 Å². The van der Waals surface area contributed by atoms with E-state index in [-0.39, 0.29) is 0 Å². The Bertz CT molecular complexity index is 467. The maximum Gasteiger partial charge on any atom is 0.0631 e. The van der Waals surface area contributed by atoms with Gasteiger partial charge in [0.05, 0.1) is 5.69 Å². The molecule has 0 atom stereocenters. The molecule has 0 aromatic heterocycles. The lowest BCUT2D eigenvalue weighted by Gasteiger charge is -2.45. The van der Waals surface area contributed by atoms with Crippen LogP contribution in [0.4, 0.5) is 5.69 Å². The van der Waals surface area contributed by atoms with Gasteiger partial charge in [-0.1, -0.05) is 27.7 Å². The lowest BCUT2D eigenvalue weighted by molar-refractivity contribution is 0.105. The molecule has 0 bridgehead atoms. The molecular formula is C17H25Br2N. The highest BCUT2D eigenvalue weighted by molar-refractivity contribution is 9.11. The Morgan fingerprint density at radius 3 is 1.90 bits per heavy atom. The highest BCUT2D eigenvalue weighted by Crippen LogP contribution is 2.47. The van der Waals surface area contributed by atoms with Crippen molar-refractivity contribution in [1.82, 2.24) is 0 Å². The van der Waals surface area contributed by atoms with Crippen molar-refractivity contribution in [3.63, 3.8) is 0 Å². The minimum atomic E-state index is 0.406. The van der Waals surface area contributed by atoms with E-state index in [1.54, 1.807) is 0 Å². The third kappa shape index (κ3) is 4.00. The molecule has 1 saturated carbocycles. The summed E-state index contributed by atoms with van der Waals surface area (Å²) in [5.41, 5.74) is 3.26. The van der Waals surface area contributed by atoms with Crippen LogP contribution in [0.2, 0.25) is 0 Å². The van der Waals surface area contributed by atoms with Crippen LogP contribution in [0.15, 0.2) is 21.1 Å². The molecule has 0 heterocycles. The molecule has 0 aliphatic heterocycles. The first-order valence-electron chi connectivity index (χ1n) is 7.30. The summed E-state index contributed by atoms with van der Waals surface area (Å²) in [6.07, 6.45) is 3.75. The first-order chi connectivity index (χ1) is 9.08. The van der Waals surface area contributed by atoms with Crippen LogP contribution >= 0.6 is 31.9 Å². The van der Waals surface area contributed by atoms with Gasteiger partial charge in [-0.05, 0) is 86.6 Å². The van der Waals surface area contributed by atoms with Crippen molar-refractivity contribution in [3.05, 3.63) is 26.6 Å². The Kier molecular flexibility index (Phi) is 4.61. The number of anilines is 1. The largest absolute Gasteiger partial charge is 0.380 e. The lowest BCUT2D eigenvalue weighted by Crippen LogP contribution is -2.40. The minimum Gasteiger partial charge on any atom is -0.380 e. The van der Waals surface area contributed by atoms with E-state index in [2.05, 4.69) is 83.9 Å². The maximum atomic E-state index is 3.76. The van der Waals surface area contributed by atoms with Crippen molar-refractivity contribution < 1.29 is 0 Å². The number of benzene rings is 1. The predicted molar refractivity (Wildman–Crippen MR) is 95.4 cm³/mol. The zero-order valence-corrected chi connectivity index (χ0v) is 16.3. The van der Waals surface area contributed by atoms with Crippen LogP contribution in [-0.4, -0.2) is 6.04 Å². The SMILES string of the molecule is Cc1cc(Br)c(NC2CC(C)(C)CC(C)(C)C2)c(Br)c1. The molecule has 1 aliphatic carbocycles. The highest BCUT2D eigenvalue weighted by atomic mass is 79.9. The number of aryl methyl sites for hydroxylation is 1. The van der Waals surface area contributed by atoms with E-state index in [9.17, 15) is 0 Å². The van der Waals surface area contributed by atoms with Gasteiger partial charge in [0.1, 0.15) is 0 Å². The van der Waals surface area contributed by atoms with Gasteiger partial charge in [-0.3, -0.25) is 0 Å². The van der Waals surface area contributed by atoms with Gasteiger partial charge in [0.25, 0.3) is 0 Å². The van der Waals surface area contributed by atoms with Crippen LogP contribution in [0.5, 0.6) is 0 Å². The summed E-state index contributed by atoms with van der Waals surface area (Å²) < 4.78 is 2.29. The van der Waals surface area contributed by atoms with Crippen molar-refractivity contribution in [2.75, 3.05) is 5.32 Å². The second-order valence-electron chi connectivity index (χ2n) is 7.86. The summed E-state index contributed by atoms with van der Waals surface area (Å²) in [7, 11) is 0. The number of rotatable bonds is 2. The molecule has 1 nitrogen and oxygen atoms in total. The van der Waals surface area contributed by atoms with Crippen LogP contribution in [-0.2, 0) is 0 Å². The Balaban J connectivity index is 2.22. The molecule has 0 unspecified atom stereocenters. The van der Waals surface area contributed by atoms with Gasteiger partial charge in [-0.2, -0.15) is 0 Å². The van der Waals surface area contributed by atoms with Gasteiger partial charge in [-0.25, -0.2) is 0 Å². The molecular weight excluding hydrogens is 378 g/mol. The van der Waals surface area contributed by atoms with Gasteiger partial charge in [0.2, 0.25) is 0 Å². The first kappa shape index (κ1) is 16.4. The molecule has 0 radical (unpaired) electrons. The van der Waals surface area contributed by atoms with E-state index in [1.807, 2.05) is 0 Å². The Morgan fingerprint density at radius 1 is 1.00 bits per heavy atom. The van der Waals surface area contributed by atoms with Gasteiger partial charge < -0.3 is 5.32 Å². The smallest absolute Gasteiger partial charge is 0.0631 e. The Labute approximate surface area is 140 Å². The Morgan fingerprint density at radius 2 is 1.45 bits per heavy atom. The van der Waals surface area contributed by atoms with Crippen molar-refractivity contribution >= 4 is 37.5 Å². The van der Waals surface area contributed by atoms with E-state index in [1.165, 1.54) is 30.5 Å². The summed E-state index contributed by atoms with van der Waals surface area (Å²) in [4.78, 5) is 0. The molecule has 0 saturated heterocycles. The van der Waals surface area contributed by atoms with Gasteiger partial charge >= 0.3 is 0 Å². The molecule has 1 N–H and O–H groups in total. The third-order valence-electron chi connectivity index (χ3n) is 4.09. The fourth-order valence-corrected chi connectivity index (χ4v) is 5.63. The monoisotopic (exact) mass is 401 g/mol. The fourth-order valence-electron chi connectivity index (χ4n) is 3.99. The zero-order valence-electron chi connectivity index (χ0n) is 13.1. The summed E-state index contributed by atoms with van der Waals surface area (Å²) in [5.74, 6) is 0. The van der Waals surface area contributed by atoms with Crippen LogP contribution in [0.25, 0.3) is 0 Å². The molecule has 3 heteroatoms. The molecule has 0 amide bonds. The number of nitrogens with one attached hydrogen (secondary N) is 1. The molecule has 0 spiro atoms. The van der Waals surface area contributed by atoms with Gasteiger partial charge in [-0.15, -0.1) is 0 Å². The Hall–Kier alpha value is -0.0200. The number of hydrogen-bond acceptors (Lipinski definition) is 1. The van der Waals surface area contributed by atoms with E-state index in [0.717, 1.165) is 8.95 Å². The van der Waals surface area contributed by atoms with E-state index in [4.69, 9.17) is 0 Å². The minimum absolute atomic E-state index is 0.406. The van der Waals surface area contributed by atoms with Gasteiger partial charge in [0.15, 0.2) is 0 Å². The van der Waals surface area contributed by atoms with Crippen molar-refractivity contribution in [2.45, 2.75) is 59.9 Å². The van der Waals surface area contributed by atoms with Crippen LogP contribution in [0.3, 0.4) is 0 Å². The maximum absolute atomic E-state index is 3.76. The summed E-state index contributed by atoms with van der Waals surface area (Å²) in [6, 6.07) is 4.88. The normalized spacial score (nSPS) is 21.8. The van der Waals surface area contributed by atoms with Crippen LogP contribution < -0.4 is 5.32 Å². The second kappa shape index (κ2) is 5.64. The second-order valence-corrected chi connectivity index (χ2v) is 9.57. The summed E-state index contributed by atoms with van der Waals surface area (Å²) >= 11 is 7.38. The van der Waals surface area contributed by atoms with Gasteiger partial charge in [0, 0.05) is 15.0 Å².